The maximum absolute atomic E-state index is 9.40. The van der Waals surface area contributed by atoms with Crippen LogP contribution in [0.5, 0.6) is 0 Å². The first kappa shape index (κ1) is 20.1. The predicted molar refractivity (Wildman–Crippen MR) is 92.5 cm³/mol. The Hall–Kier alpha value is 0.0569. The molecule has 1 saturated heterocycles. The van der Waals surface area contributed by atoms with E-state index in [-0.39, 0.29) is 30.0 Å². The molecule has 22 heavy (non-hydrogen) atoms. The third-order valence-corrected chi connectivity index (χ3v) is 9.47. The largest absolute Gasteiger partial charge is 0.414 e. The fourth-order valence-electron chi connectivity index (χ4n) is 2.65. The Kier molecular flexibility index (Phi) is 6.67. The molecular weight excluding hydrogens is 296 g/mol. The molecule has 1 aliphatic rings. The van der Waals surface area contributed by atoms with Gasteiger partial charge in [0.25, 0.3) is 0 Å². The Bertz CT molecular complexity index is 349. The van der Waals surface area contributed by atoms with Crippen molar-refractivity contribution in [2.24, 2.45) is 0 Å². The summed E-state index contributed by atoms with van der Waals surface area (Å²) in [6, 6.07) is 0. The number of ether oxygens (including phenoxy) is 2. The fraction of sp³-hybridized carbons (Fsp3) is 1.00. The standard InChI is InChI=1S/C17H36O4Si/c1-13(21-22(7,8)16(2,3)4)10-9-11-14-15(12-18)20-17(5,6)19-14/h13-15,18H,9-12H2,1-8H3/t13-,14+,15+/m1/s1. The molecule has 132 valence electrons. The van der Waals surface area contributed by atoms with Crippen molar-refractivity contribution in [2.75, 3.05) is 6.61 Å². The summed E-state index contributed by atoms with van der Waals surface area (Å²) >= 11 is 0. The highest BCUT2D eigenvalue weighted by molar-refractivity contribution is 6.74. The number of aliphatic hydroxyl groups excluding tert-OH is 1. The molecule has 1 N–H and O–H groups in total. The van der Waals surface area contributed by atoms with E-state index in [9.17, 15) is 5.11 Å². The van der Waals surface area contributed by atoms with E-state index in [4.69, 9.17) is 13.9 Å². The second-order valence-corrected chi connectivity index (χ2v) is 13.3. The molecule has 0 saturated carbocycles. The molecule has 0 aromatic rings. The van der Waals surface area contributed by atoms with Crippen molar-refractivity contribution in [2.45, 2.75) is 103 Å². The molecule has 0 radical (unpaired) electrons. The molecular formula is C17H36O4Si. The minimum Gasteiger partial charge on any atom is -0.414 e. The first-order valence-corrected chi connectivity index (χ1v) is 11.4. The average molecular weight is 333 g/mol. The molecule has 0 aromatic heterocycles. The van der Waals surface area contributed by atoms with E-state index in [0.717, 1.165) is 19.3 Å². The lowest BCUT2D eigenvalue weighted by Crippen LogP contribution is -2.43. The predicted octanol–water partition coefficient (Wildman–Crippen LogP) is 4.08. The smallest absolute Gasteiger partial charge is 0.192 e. The third kappa shape index (κ3) is 5.60. The van der Waals surface area contributed by atoms with Gasteiger partial charge < -0.3 is 19.0 Å². The molecule has 1 aliphatic heterocycles. The van der Waals surface area contributed by atoms with Crippen molar-refractivity contribution in [3.63, 3.8) is 0 Å². The topological polar surface area (TPSA) is 47.9 Å². The molecule has 1 rings (SSSR count). The van der Waals surface area contributed by atoms with Crippen LogP contribution in [-0.2, 0) is 13.9 Å². The van der Waals surface area contributed by atoms with Gasteiger partial charge in [0, 0.05) is 6.10 Å². The summed E-state index contributed by atoms with van der Waals surface area (Å²) in [5.41, 5.74) is 0. The van der Waals surface area contributed by atoms with Crippen molar-refractivity contribution >= 4 is 8.32 Å². The van der Waals surface area contributed by atoms with Crippen LogP contribution in [0.15, 0.2) is 0 Å². The fourth-order valence-corrected chi connectivity index (χ4v) is 4.13. The number of rotatable bonds is 7. The molecule has 0 unspecified atom stereocenters. The summed E-state index contributed by atoms with van der Waals surface area (Å²) in [5, 5.41) is 9.64. The normalized spacial score (nSPS) is 27.1. The summed E-state index contributed by atoms with van der Waals surface area (Å²) in [4.78, 5) is 0. The maximum Gasteiger partial charge on any atom is 0.192 e. The molecule has 3 atom stereocenters. The summed E-state index contributed by atoms with van der Waals surface area (Å²) in [6.45, 7) is 17.4. The molecule has 4 nitrogen and oxygen atoms in total. The highest BCUT2D eigenvalue weighted by Gasteiger charge is 2.41. The van der Waals surface area contributed by atoms with Crippen LogP contribution >= 0.6 is 0 Å². The Morgan fingerprint density at radius 1 is 1.18 bits per heavy atom. The van der Waals surface area contributed by atoms with E-state index in [0.29, 0.717) is 0 Å². The minimum absolute atomic E-state index is 0.0138. The first-order chi connectivity index (χ1) is 9.88. The molecule has 1 heterocycles. The zero-order valence-corrected chi connectivity index (χ0v) is 16.7. The minimum atomic E-state index is -1.69. The average Bonchev–Trinajstić information content (AvgIpc) is 2.61. The summed E-state index contributed by atoms with van der Waals surface area (Å²) in [5.74, 6) is -0.582. The quantitative estimate of drug-likeness (QED) is 0.714. The van der Waals surface area contributed by atoms with Gasteiger partial charge in [-0.3, -0.25) is 0 Å². The van der Waals surface area contributed by atoms with E-state index in [1.165, 1.54) is 0 Å². The van der Waals surface area contributed by atoms with Crippen molar-refractivity contribution < 1.29 is 19.0 Å². The van der Waals surface area contributed by atoms with Gasteiger partial charge in [0.05, 0.1) is 12.7 Å². The van der Waals surface area contributed by atoms with E-state index in [1.54, 1.807) is 0 Å². The summed E-state index contributed by atoms with van der Waals surface area (Å²) < 4.78 is 18.0. The van der Waals surface area contributed by atoms with Crippen molar-refractivity contribution in [1.29, 1.82) is 0 Å². The second kappa shape index (κ2) is 7.30. The van der Waals surface area contributed by atoms with Crippen LogP contribution in [0, 0.1) is 0 Å². The summed E-state index contributed by atoms with van der Waals surface area (Å²) in [6.07, 6.45) is 3.00. The van der Waals surface area contributed by atoms with Gasteiger partial charge in [0.15, 0.2) is 14.1 Å². The van der Waals surface area contributed by atoms with Gasteiger partial charge in [-0.25, -0.2) is 0 Å². The zero-order chi connectivity index (χ0) is 17.2. The van der Waals surface area contributed by atoms with Crippen LogP contribution < -0.4 is 0 Å². The van der Waals surface area contributed by atoms with Crippen molar-refractivity contribution in [3.8, 4) is 0 Å². The zero-order valence-electron chi connectivity index (χ0n) is 15.7. The number of hydrogen-bond donors (Lipinski definition) is 1. The van der Waals surface area contributed by atoms with Crippen molar-refractivity contribution in [1.82, 2.24) is 0 Å². The van der Waals surface area contributed by atoms with Gasteiger partial charge in [-0.05, 0) is 58.2 Å². The van der Waals surface area contributed by atoms with E-state index in [2.05, 4.69) is 40.8 Å². The monoisotopic (exact) mass is 332 g/mol. The lowest BCUT2D eigenvalue weighted by atomic mass is 10.1. The first-order valence-electron chi connectivity index (χ1n) is 8.52. The van der Waals surface area contributed by atoms with Gasteiger partial charge in [0.2, 0.25) is 0 Å². The Morgan fingerprint density at radius 3 is 2.23 bits per heavy atom. The molecule has 0 aromatic carbocycles. The Balaban J connectivity index is 2.38. The Morgan fingerprint density at radius 2 is 1.73 bits per heavy atom. The van der Waals surface area contributed by atoms with Crippen molar-refractivity contribution in [3.05, 3.63) is 0 Å². The van der Waals surface area contributed by atoms with Crippen LogP contribution in [0.3, 0.4) is 0 Å². The molecule has 0 aliphatic carbocycles. The summed E-state index contributed by atoms with van der Waals surface area (Å²) in [7, 11) is -1.69. The van der Waals surface area contributed by atoms with Crippen LogP contribution in [0.1, 0.15) is 60.8 Å². The highest BCUT2D eigenvalue weighted by atomic mass is 28.4. The van der Waals surface area contributed by atoms with Gasteiger partial charge >= 0.3 is 0 Å². The molecule has 0 bridgehead atoms. The SMILES string of the molecule is C[C@H](CCC[C@@H]1OC(C)(C)O[C@H]1CO)O[Si](C)(C)C(C)(C)C. The third-order valence-electron chi connectivity index (χ3n) is 4.87. The molecule has 0 amide bonds. The maximum atomic E-state index is 9.40. The highest BCUT2D eigenvalue weighted by Crippen LogP contribution is 2.38. The Labute approximate surface area is 137 Å². The molecule has 1 fully saturated rings. The number of aliphatic hydroxyl groups is 1. The lowest BCUT2D eigenvalue weighted by Gasteiger charge is -2.38. The molecule has 5 heteroatoms. The van der Waals surface area contributed by atoms with E-state index >= 15 is 0 Å². The second-order valence-electron chi connectivity index (χ2n) is 8.51. The van der Waals surface area contributed by atoms with Crippen LogP contribution in [0.4, 0.5) is 0 Å². The molecule has 0 spiro atoms. The van der Waals surface area contributed by atoms with Crippen LogP contribution in [0.2, 0.25) is 18.1 Å². The van der Waals surface area contributed by atoms with Crippen LogP contribution in [0.25, 0.3) is 0 Å². The van der Waals surface area contributed by atoms with E-state index in [1.807, 2.05) is 13.8 Å². The van der Waals surface area contributed by atoms with Crippen LogP contribution in [-0.4, -0.2) is 44.1 Å². The number of hydrogen-bond acceptors (Lipinski definition) is 4. The van der Waals surface area contributed by atoms with Gasteiger partial charge in [-0.1, -0.05) is 20.8 Å². The van der Waals surface area contributed by atoms with Gasteiger partial charge in [-0.2, -0.15) is 0 Å². The van der Waals surface area contributed by atoms with Gasteiger partial charge in [-0.15, -0.1) is 0 Å². The lowest BCUT2D eigenvalue weighted by molar-refractivity contribution is -0.149. The van der Waals surface area contributed by atoms with E-state index < -0.39 is 14.1 Å². The van der Waals surface area contributed by atoms with Gasteiger partial charge in [0.1, 0.15) is 6.10 Å².